The van der Waals surface area contributed by atoms with Gasteiger partial charge in [-0.2, -0.15) is 0 Å². The molecule has 0 aromatic heterocycles. The third kappa shape index (κ3) is 2.99. The van der Waals surface area contributed by atoms with Gasteiger partial charge in [0.1, 0.15) is 0 Å². The van der Waals surface area contributed by atoms with Crippen LogP contribution < -0.4 is 5.32 Å². The number of likely N-dealkylation sites (tertiary alicyclic amines) is 1. The Morgan fingerprint density at radius 3 is 2.85 bits per heavy atom. The molecular formula is C10H20N2O. The standard InChI is InChI=1S/C10H20N2O/c1-4-11-9-5-10(13)12(7-9)6-8(2)3/h8-9,11H,4-7H2,1-3H3. The van der Waals surface area contributed by atoms with Crippen LogP contribution in [0.2, 0.25) is 0 Å². The predicted octanol–water partition coefficient (Wildman–Crippen LogP) is 0.853. The number of carbonyl (C=O) groups excluding carboxylic acids is 1. The Morgan fingerprint density at radius 1 is 1.62 bits per heavy atom. The van der Waals surface area contributed by atoms with E-state index >= 15 is 0 Å². The lowest BCUT2D eigenvalue weighted by Gasteiger charge is -2.18. The highest BCUT2D eigenvalue weighted by Crippen LogP contribution is 2.12. The zero-order valence-corrected chi connectivity index (χ0v) is 8.84. The van der Waals surface area contributed by atoms with Gasteiger partial charge in [-0.1, -0.05) is 20.8 Å². The normalized spacial score (nSPS) is 23.2. The summed E-state index contributed by atoms with van der Waals surface area (Å²) in [5.74, 6) is 0.879. The maximum atomic E-state index is 11.5. The number of nitrogens with zero attached hydrogens (tertiary/aromatic N) is 1. The topological polar surface area (TPSA) is 32.3 Å². The first kappa shape index (κ1) is 10.5. The summed E-state index contributed by atoms with van der Waals surface area (Å²) in [5.41, 5.74) is 0. The lowest BCUT2D eigenvalue weighted by molar-refractivity contribution is -0.128. The van der Waals surface area contributed by atoms with Gasteiger partial charge >= 0.3 is 0 Å². The number of rotatable bonds is 4. The van der Waals surface area contributed by atoms with Crippen molar-refractivity contribution in [2.75, 3.05) is 19.6 Å². The molecule has 1 saturated heterocycles. The molecule has 0 bridgehead atoms. The first-order valence-corrected chi connectivity index (χ1v) is 5.14. The molecule has 13 heavy (non-hydrogen) atoms. The Morgan fingerprint density at radius 2 is 2.31 bits per heavy atom. The quantitative estimate of drug-likeness (QED) is 0.702. The van der Waals surface area contributed by atoms with Crippen LogP contribution in [0.1, 0.15) is 27.2 Å². The van der Waals surface area contributed by atoms with Crippen molar-refractivity contribution in [3.05, 3.63) is 0 Å². The SMILES string of the molecule is CCNC1CC(=O)N(CC(C)C)C1. The first-order chi connectivity index (χ1) is 6.13. The van der Waals surface area contributed by atoms with Crippen molar-refractivity contribution < 1.29 is 4.79 Å². The van der Waals surface area contributed by atoms with E-state index in [9.17, 15) is 4.79 Å². The fourth-order valence-corrected chi connectivity index (χ4v) is 1.81. The van der Waals surface area contributed by atoms with Gasteiger partial charge in [0.15, 0.2) is 0 Å². The molecule has 1 unspecified atom stereocenters. The summed E-state index contributed by atoms with van der Waals surface area (Å²) in [6.07, 6.45) is 0.681. The molecular weight excluding hydrogens is 164 g/mol. The Bertz CT molecular complexity index is 180. The van der Waals surface area contributed by atoms with Gasteiger partial charge < -0.3 is 10.2 Å². The van der Waals surface area contributed by atoms with Gasteiger partial charge in [-0.05, 0) is 12.5 Å². The largest absolute Gasteiger partial charge is 0.341 e. The maximum absolute atomic E-state index is 11.5. The summed E-state index contributed by atoms with van der Waals surface area (Å²) in [5, 5.41) is 3.32. The minimum absolute atomic E-state index is 0.305. The zero-order valence-electron chi connectivity index (χ0n) is 8.84. The van der Waals surface area contributed by atoms with Crippen LogP contribution in [0.4, 0.5) is 0 Å². The molecule has 1 N–H and O–H groups in total. The van der Waals surface area contributed by atoms with Crippen LogP contribution in [0.25, 0.3) is 0 Å². The number of likely N-dealkylation sites (N-methyl/N-ethyl adjacent to an activating group) is 1. The van der Waals surface area contributed by atoms with E-state index in [1.165, 1.54) is 0 Å². The maximum Gasteiger partial charge on any atom is 0.224 e. The van der Waals surface area contributed by atoms with Crippen molar-refractivity contribution in [2.45, 2.75) is 33.2 Å². The first-order valence-electron chi connectivity index (χ1n) is 5.14. The molecule has 0 spiro atoms. The highest BCUT2D eigenvalue weighted by molar-refractivity contribution is 5.79. The third-order valence-corrected chi connectivity index (χ3v) is 2.29. The molecule has 0 aliphatic carbocycles. The third-order valence-electron chi connectivity index (χ3n) is 2.29. The second-order valence-corrected chi connectivity index (χ2v) is 4.15. The second-order valence-electron chi connectivity index (χ2n) is 4.15. The molecule has 1 heterocycles. The predicted molar refractivity (Wildman–Crippen MR) is 53.5 cm³/mol. The number of amides is 1. The second kappa shape index (κ2) is 4.61. The van der Waals surface area contributed by atoms with Crippen LogP contribution in [0.5, 0.6) is 0 Å². The van der Waals surface area contributed by atoms with Crippen LogP contribution >= 0.6 is 0 Å². The molecule has 76 valence electrons. The fraction of sp³-hybridized carbons (Fsp3) is 0.900. The molecule has 0 aromatic carbocycles. The molecule has 1 rings (SSSR count). The zero-order chi connectivity index (χ0) is 9.84. The number of carbonyl (C=O) groups is 1. The summed E-state index contributed by atoms with van der Waals surface area (Å²) in [4.78, 5) is 13.5. The average Bonchev–Trinajstić information content (AvgIpc) is 2.31. The van der Waals surface area contributed by atoms with E-state index in [1.54, 1.807) is 0 Å². The molecule has 1 fully saturated rings. The van der Waals surface area contributed by atoms with Gasteiger partial charge in [-0.15, -0.1) is 0 Å². The van der Waals surface area contributed by atoms with E-state index in [0.717, 1.165) is 19.6 Å². The molecule has 3 heteroatoms. The van der Waals surface area contributed by atoms with E-state index in [0.29, 0.717) is 24.3 Å². The molecule has 0 saturated carbocycles. The molecule has 3 nitrogen and oxygen atoms in total. The lowest BCUT2D eigenvalue weighted by atomic mass is 10.2. The lowest BCUT2D eigenvalue weighted by Crippen LogP contribution is -2.34. The van der Waals surface area contributed by atoms with Crippen LogP contribution in [-0.4, -0.2) is 36.5 Å². The fourth-order valence-electron chi connectivity index (χ4n) is 1.81. The van der Waals surface area contributed by atoms with E-state index < -0.39 is 0 Å². The monoisotopic (exact) mass is 184 g/mol. The molecule has 0 aromatic rings. The molecule has 1 atom stereocenters. The van der Waals surface area contributed by atoms with Gasteiger partial charge in [0.25, 0.3) is 0 Å². The summed E-state index contributed by atoms with van der Waals surface area (Å²) >= 11 is 0. The van der Waals surface area contributed by atoms with Crippen molar-refractivity contribution in [1.29, 1.82) is 0 Å². The van der Waals surface area contributed by atoms with Gasteiger partial charge in [-0.25, -0.2) is 0 Å². The Kier molecular flexibility index (Phi) is 3.72. The Balaban J connectivity index is 2.37. The number of hydrogen-bond donors (Lipinski definition) is 1. The van der Waals surface area contributed by atoms with E-state index in [1.807, 2.05) is 4.90 Å². The number of hydrogen-bond acceptors (Lipinski definition) is 2. The highest BCUT2D eigenvalue weighted by atomic mass is 16.2. The van der Waals surface area contributed by atoms with Crippen LogP contribution in [0.15, 0.2) is 0 Å². The van der Waals surface area contributed by atoms with Crippen LogP contribution in [0.3, 0.4) is 0 Å². The molecule has 1 aliphatic rings. The summed E-state index contributed by atoms with van der Waals surface area (Å²) in [6, 6.07) is 0.385. The smallest absolute Gasteiger partial charge is 0.224 e. The minimum Gasteiger partial charge on any atom is -0.341 e. The van der Waals surface area contributed by atoms with Crippen molar-refractivity contribution >= 4 is 5.91 Å². The summed E-state index contributed by atoms with van der Waals surface area (Å²) in [7, 11) is 0. The Hall–Kier alpha value is -0.570. The van der Waals surface area contributed by atoms with Crippen LogP contribution in [0, 0.1) is 5.92 Å². The summed E-state index contributed by atoms with van der Waals surface area (Å²) < 4.78 is 0. The molecule has 1 amide bonds. The number of nitrogens with one attached hydrogen (secondary N) is 1. The van der Waals surface area contributed by atoms with Gasteiger partial charge in [0.05, 0.1) is 0 Å². The van der Waals surface area contributed by atoms with E-state index in [2.05, 4.69) is 26.1 Å². The van der Waals surface area contributed by atoms with Gasteiger partial charge in [0.2, 0.25) is 5.91 Å². The highest BCUT2D eigenvalue weighted by Gasteiger charge is 2.28. The molecule has 1 aliphatic heterocycles. The van der Waals surface area contributed by atoms with Crippen molar-refractivity contribution in [3.8, 4) is 0 Å². The van der Waals surface area contributed by atoms with Crippen molar-refractivity contribution in [2.24, 2.45) is 5.92 Å². The summed E-state index contributed by atoms with van der Waals surface area (Å²) in [6.45, 7) is 9.12. The van der Waals surface area contributed by atoms with Crippen molar-refractivity contribution in [3.63, 3.8) is 0 Å². The average molecular weight is 184 g/mol. The molecule has 0 radical (unpaired) electrons. The minimum atomic E-state index is 0.305. The van der Waals surface area contributed by atoms with E-state index in [-0.39, 0.29) is 0 Å². The van der Waals surface area contributed by atoms with Gasteiger partial charge in [-0.3, -0.25) is 4.79 Å². The Labute approximate surface area is 80.5 Å². The van der Waals surface area contributed by atoms with Crippen molar-refractivity contribution in [1.82, 2.24) is 10.2 Å². The van der Waals surface area contributed by atoms with E-state index in [4.69, 9.17) is 0 Å². The van der Waals surface area contributed by atoms with Gasteiger partial charge in [0, 0.05) is 25.6 Å². The van der Waals surface area contributed by atoms with Crippen LogP contribution in [-0.2, 0) is 4.79 Å².